The predicted octanol–water partition coefficient (Wildman–Crippen LogP) is 4.01. The number of amides is 1. The highest BCUT2D eigenvalue weighted by Crippen LogP contribution is 2.26. The number of rotatable bonds is 9. The molecule has 0 saturated carbocycles. The van der Waals surface area contributed by atoms with Gasteiger partial charge in [0.15, 0.2) is 9.84 Å². The number of sulfone groups is 1. The molecule has 0 aliphatic carbocycles. The van der Waals surface area contributed by atoms with E-state index >= 15 is 0 Å². The summed E-state index contributed by atoms with van der Waals surface area (Å²) in [4.78, 5) is 24.8. The number of esters is 1. The van der Waals surface area contributed by atoms with Crippen LogP contribution in [0.5, 0.6) is 0 Å². The molecule has 0 heterocycles. The molecule has 162 valence electrons. The van der Waals surface area contributed by atoms with Crippen LogP contribution in [-0.2, 0) is 24.2 Å². The molecule has 0 aliphatic heterocycles. The Bertz CT molecular complexity index is 987. The Hall–Kier alpha value is -2.38. The first-order valence-electron chi connectivity index (χ1n) is 9.61. The Balaban J connectivity index is 2.09. The first kappa shape index (κ1) is 23.9. The number of hydrogen-bond acceptors (Lipinski definition) is 5. The molecule has 2 aromatic carbocycles. The quantitative estimate of drug-likeness (QED) is 0.582. The highest BCUT2D eigenvalue weighted by molar-refractivity contribution is 7.91. The average Bonchev–Trinajstić information content (AvgIpc) is 2.66. The van der Waals surface area contributed by atoms with Crippen LogP contribution in [0.3, 0.4) is 0 Å². The van der Waals surface area contributed by atoms with Gasteiger partial charge in [-0.3, -0.25) is 9.59 Å². The minimum Gasteiger partial charge on any atom is -0.463 e. The van der Waals surface area contributed by atoms with Gasteiger partial charge in [0.1, 0.15) is 0 Å². The molecule has 0 aliphatic rings. The van der Waals surface area contributed by atoms with Crippen LogP contribution in [0.4, 0.5) is 0 Å². The number of ether oxygens (including phenoxy) is 1. The van der Waals surface area contributed by atoms with E-state index in [-0.39, 0.29) is 29.6 Å². The van der Waals surface area contributed by atoms with Crippen molar-refractivity contribution in [2.24, 2.45) is 0 Å². The summed E-state index contributed by atoms with van der Waals surface area (Å²) in [7, 11) is -3.60. The lowest BCUT2D eigenvalue weighted by molar-refractivity contribution is -0.148. The first-order valence-corrected chi connectivity index (χ1v) is 11.6. The van der Waals surface area contributed by atoms with E-state index < -0.39 is 27.8 Å². The third-order valence-electron chi connectivity index (χ3n) is 4.33. The van der Waals surface area contributed by atoms with E-state index in [4.69, 9.17) is 16.3 Å². The third-order valence-corrected chi connectivity index (χ3v) is 6.41. The second kappa shape index (κ2) is 10.6. The summed E-state index contributed by atoms with van der Waals surface area (Å²) in [6.07, 6.45) is -0.644. The molecule has 1 amide bonds. The van der Waals surface area contributed by atoms with E-state index in [1.165, 1.54) is 12.1 Å². The smallest absolute Gasteiger partial charge is 0.308 e. The van der Waals surface area contributed by atoms with Crippen LogP contribution >= 0.6 is 11.6 Å². The Morgan fingerprint density at radius 3 is 2.30 bits per heavy atom. The van der Waals surface area contributed by atoms with Crippen molar-refractivity contribution >= 4 is 33.3 Å². The van der Waals surface area contributed by atoms with Crippen LogP contribution in [0.25, 0.3) is 0 Å². The van der Waals surface area contributed by atoms with Gasteiger partial charge >= 0.3 is 5.97 Å². The maximum atomic E-state index is 12.5. The highest BCUT2D eigenvalue weighted by atomic mass is 35.5. The number of hydrogen-bond donors (Lipinski definition) is 1. The molecule has 0 spiro atoms. The maximum Gasteiger partial charge on any atom is 0.308 e. The molecule has 0 saturated heterocycles. The zero-order valence-corrected chi connectivity index (χ0v) is 18.8. The zero-order chi connectivity index (χ0) is 22.3. The van der Waals surface area contributed by atoms with Gasteiger partial charge in [-0.15, -0.1) is 0 Å². The van der Waals surface area contributed by atoms with Crippen LogP contribution < -0.4 is 5.32 Å². The zero-order valence-electron chi connectivity index (χ0n) is 17.2. The topological polar surface area (TPSA) is 89.5 Å². The van der Waals surface area contributed by atoms with Crippen molar-refractivity contribution in [2.75, 3.05) is 5.75 Å². The van der Waals surface area contributed by atoms with Gasteiger partial charge in [0.25, 0.3) is 0 Å². The maximum absolute atomic E-state index is 12.5. The molecule has 2 aromatic rings. The Morgan fingerprint density at radius 1 is 1.07 bits per heavy atom. The molecule has 30 heavy (non-hydrogen) atoms. The Labute approximate surface area is 182 Å². The summed E-state index contributed by atoms with van der Waals surface area (Å²) in [6, 6.07) is 12.6. The fourth-order valence-corrected chi connectivity index (χ4v) is 4.34. The summed E-state index contributed by atoms with van der Waals surface area (Å²) in [5.41, 5.74) is 1.51. The number of halogens is 1. The molecule has 0 radical (unpaired) electrons. The number of aryl methyl sites for hydroxylation is 1. The fraction of sp³-hybridized carbons (Fsp3) is 0.364. The molecule has 0 fully saturated rings. The number of benzene rings is 2. The fourth-order valence-electron chi connectivity index (χ4n) is 2.83. The van der Waals surface area contributed by atoms with E-state index in [1.54, 1.807) is 50.2 Å². The summed E-state index contributed by atoms with van der Waals surface area (Å²) in [6.45, 7) is 5.33. The van der Waals surface area contributed by atoms with E-state index in [0.29, 0.717) is 10.6 Å². The van der Waals surface area contributed by atoms with Crippen molar-refractivity contribution < 1.29 is 22.7 Å². The monoisotopic (exact) mass is 451 g/mol. The normalized spacial score (nSPS) is 12.4. The van der Waals surface area contributed by atoms with Crippen molar-refractivity contribution in [2.45, 2.75) is 50.7 Å². The van der Waals surface area contributed by atoms with Gasteiger partial charge < -0.3 is 10.1 Å². The van der Waals surface area contributed by atoms with Crippen LogP contribution in [0.15, 0.2) is 53.4 Å². The first-order chi connectivity index (χ1) is 14.1. The molecule has 0 unspecified atom stereocenters. The SMILES string of the molecule is Cc1ccc(S(=O)(=O)CCC(=O)N[C@@H](CC(=O)OC(C)C)c2ccccc2Cl)cc1. The largest absolute Gasteiger partial charge is 0.463 e. The van der Waals surface area contributed by atoms with Gasteiger partial charge in [-0.25, -0.2) is 8.42 Å². The van der Waals surface area contributed by atoms with Crippen LogP contribution in [0, 0.1) is 6.92 Å². The standard InChI is InChI=1S/C22H26ClNO5S/c1-15(2)29-22(26)14-20(18-6-4-5-7-19(18)23)24-21(25)12-13-30(27,28)17-10-8-16(3)9-11-17/h4-11,15,20H,12-14H2,1-3H3,(H,24,25)/t20-/m0/s1. The van der Waals surface area contributed by atoms with Crippen molar-refractivity contribution in [3.8, 4) is 0 Å². The van der Waals surface area contributed by atoms with Crippen molar-refractivity contribution in [3.05, 3.63) is 64.7 Å². The number of carbonyl (C=O) groups excluding carboxylic acids is 2. The lowest BCUT2D eigenvalue weighted by Crippen LogP contribution is -2.32. The van der Waals surface area contributed by atoms with Gasteiger partial charge in [-0.1, -0.05) is 47.5 Å². The molecule has 8 heteroatoms. The van der Waals surface area contributed by atoms with Crippen molar-refractivity contribution in [1.29, 1.82) is 0 Å². The summed E-state index contributed by atoms with van der Waals surface area (Å²) < 4.78 is 30.1. The molecule has 1 atom stereocenters. The van der Waals surface area contributed by atoms with Crippen molar-refractivity contribution in [1.82, 2.24) is 5.32 Å². The second-order valence-corrected chi connectivity index (χ2v) is 9.78. The van der Waals surface area contributed by atoms with Crippen molar-refractivity contribution in [3.63, 3.8) is 0 Å². The average molecular weight is 452 g/mol. The lowest BCUT2D eigenvalue weighted by atomic mass is 10.0. The molecule has 0 aromatic heterocycles. The van der Waals surface area contributed by atoms with E-state index in [1.807, 2.05) is 6.92 Å². The molecule has 2 rings (SSSR count). The van der Waals surface area contributed by atoms with Gasteiger partial charge in [-0.2, -0.15) is 0 Å². The van der Waals surface area contributed by atoms with E-state index in [0.717, 1.165) is 5.56 Å². The minimum atomic E-state index is -3.60. The molecule has 0 bridgehead atoms. The van der Waals surface area contributed by atoms with Gasteiger partial charge in [-0.05, 0) is 44.5 Å². The minimum absolute atomic E-state index is 0.113. The molecular weight excluding hydrogens is 426 g/mol. The Morgan fingerprint density at radius 2 is 1.70 bits per heavy atom. The Kier molecular flexibility index (Phi) is 8.43. The molecular formula is C22H26ClNO5S. The number of nitrogens with one attached hydrogen (secondary N) is 1. The van der Waals surface area contributed by atoms with Crippen LogP contribution in [0.1, 0.15) is 43.9 Å². The summed E-state index contributed by atoms with van der Waals surface area (Å²) in [5.74, 6) is -1.32. The lowest BCUT2D eigenvalue weighted by Gasteiger charge is -2.20. The van der Waals surface area contributed by atoms with Gasteiger partial charge in [0.2, 0.25) is 5.91 Å². The van der Waals surface area contributed by atoms with Crippen LogP contribution in [0.2, 0.25) is 5.02 Å². The van der Waals surface area contributed by atoms with E-state index in [9.17, 15) is 18.0 Å². The second-order valence-electron chi connectivity index (χ2n) is 7.27. The predicted molar refractivity (Wildman–Crippen MR) is 116 cm³/mol. The highest BCUT2D eigenvalue weighted by Gasteiger charge is 2.23. The molecule has 6 nitrogen and oxygen atoms in total. The van der Waals surface area contributed by atoms with Gasteiger partial charge in [0.05, 0.1) is 29.2 Å². The van der Waals surface area contributed by atoms with Gasteiger partial charge in [0, 0.05) is 11.4 Å². The summed E-state index contributed by atoms with van der Waals surface area (Å²) in [5, 5.41) is 3.12. The van der Waals surface area contributed by atoms with E-state index in [2.05, 4.69) is 5.32 Å². The third kappa shape index (κ3) is 7.15. The number of carbonyl (C=O) groups is 2. The molecule has 1 N–H and O–H groups in total. The van der Waals surface area contributed by atoms with Crippen LogP contribution in [-0.4, -0.2) is 32.2 Å². The summed E-state index contributed by atoms with van der Waals surface area (Å²) >= 11 is 6.23.